The molecule has 90 valence electrons. The summed E-state index contributed by atoms with van der Waals surface area (Å²) in [6.07, 6.45) is 0.369. The monoisotopic (exact) mass is 218 g/mol. The Balaban J connectivity index is 3.35. The molecule has 0 unspecified atom stereocenters. The minimum absolute atomic E-state index is 0.369. The lowest BCUT2D eigenvalue weighted by atomic mass is 10.2. The van der Waals surface area contributed by atoms with Gasteiger partial charge in [-0.25, -0.2) is 0 Å². The third-order valence-corrected chi connectivity index (χ3v) is 2.34. The maximum atomic E-state index is 10.4. The number of carboxylic acids is 1. The van der Waals surface area contributed by atoms with Gasteiger partial charge in [0.2, 0.25) is 0 Å². The average Bonchev–Trinajstić information content (AvgIpc) is 2.23. The molecular formula is C10H22N2O3. The van der Waals surface area contributed by atoms with E-state index in [4.69, 9.17) is 15.6 Å². The first-order chi connectivity index (χ1) is 7.11. The molecule has 0 aliphatic heterocycles. The third kappa shape index (κ3) is 7.30. The highest BCUT2D eigenvalue weighted by Crippen LogP contribution is 1.91. The Labute approximate surface area is 91.2 Å². The summed E-state index contributed by atoms with van der Waals surface area (Å²) in [5, 5.41) is 8.51. The van der Waals surface area contributed by atoms with E-state index in [2.05, 4.69) is 18.7 Å². The van der Waals surface area contributed by atoms with Gasteiger partial charge in [0.1, 0.15) is 6.04 Å². The number of carboxylic acid groups (broad SMARTS) is 1. The molecule has 0 aliphatic carbocycles. The van der Waals surface area contributed by atoms with E-state index in [1.165, 1.54) is 0 Å². The molecule has 0 amide bonds. The molecule has 0 aromatic heterocycles. The van der Waals surface area contributed by atoms with E-state index in [1.54, 1.807) is 0 Å². The number of hydrogen-bond donors (Lipinski definition) is 2. The number of hydrogen-bond acceptors (Lipinski definition) is 4. The van der Waals surface area contributed by atoms with Crippen molar-refractivity contribution in [2.24, 2.45) is 5.73 Å². The van der Waals surface area contributed by atoms with Crippen molar-refractivity contribution in [2.45, 2.75) is 26.3 Å². The van der Waals surface area contributed by atoms with Crippen molar-refractivity contribution in [1.29, 1.82) is 0 Å². The number of aliphatic carboxylic acids is 1. The quantitative estimate of drug-likeness (QED) is 0.539. The number of ether oxygens (including phenoxy) is 1. The van der Waals surface area contributed by atoms with Crippen LogP contribution >= 0.6 is 0 Å². The lowest BCUT2D eigenvalue weighted by molar-refractivity contribution is -0.139. The minimum Gasteiger partial charge on any atom is -0.480 e. The molecule has 5 nitrogen and oxygen atoms in total. The van der Waals surface area contributed by atoms with Crippen LogP contribution in [0.15, 0.2) is 0 Å². The molecule has 0 fully saturated rings. The smallest absolute Gasteiger partial charge is 0.320 e. The lowest BCUT2D eigenvalue weighted by Gasteiger charge is -2.17. The highest BCUT2D eigenvalue weighted by atomic mass is 16.5. The van der Waals surface area contributed by atoms with E-state index in [1.807, 2.05) is 0 Å². The molecule has 0 aromatic carbocycles. The summed E-state index contributed by atoms with van der Waals surface area (Å²) in [4.78, 5) is 12.6. The molecule has 0 spiro atoms. The van der Waals surface area contributed by atoms with Gasteiger partial charge in [0.25, 0.3) is 0 Å². The second-order valence-electron chi connectivity index (χ2n) is 3.37. The molecule has 3 N–H and O–H groups in total. The number of nitrogens with zero attached hydrogens (tertiary/aromatic N) is 1. The maximum Gasteiger partial charge on any atom is 0.320 e. The van der Waals surface area contributed by atoms with E-state index in [0.29, 0.717) is 19.6 Å². The number of carbonyl (C=O) groups is 1. The van der Waals surface area contributed by atoms with Crippen molar-refractivity contribution in [3.63, 3.8) is 0 Å². The molecule has 0 heterocycles. The van der Waals surface area contributed by atoms with Gasteiger partial charge < -0.3 is 20.5 Å². The second kappa shape index (κ2) is 8.64. The highest BCUT2D eigenvalue weighted by Gasteiger charge is 2.10. The van der Waals surface area contributed by atoms with Crippen molar-refractivity contribution >= 4 is 5.97 Å². The molecule has 5 heteroatoms. The van der Waals surface area contributed by atoms with Crippen LogP contribution in [0.3, 0.4) is 0 Å². The van der Waals surface area contributed by atoms with E-state index >= 15 is 0 Å². The Morgan fingerprint density at radius 2 is 2.00 bits per heavy atom. The molecule has 1 atom stereocenters. The minimum atomic E-state index is -0.970. The molecule has 0 saturated carbocycles. The van der Waals surface area contributed by atoms with E-state index in [-0.39, 0.29) is 0 Å². The first-order valence-electron chi connectivity index (χ1n) is 5.40. The summed E-state index contributed by atoms with van der Waals surface area (Å²) < 4.78 is 5.30. The van der Waals surface area contributed by atoms with Crippen LogP contribution in [0, 0.1) is 0 Å². The third-order valence-electron chi connectivity index (χ3n) is 2.34. The zero-order valence-electron chi connectivity index (χ0n) is 9.61. The normalized spacial score (nSPS) is 13.1. The van der Waals surface area contributed by atoms with Crippen molar-refractivity contribution in [3.8, 4) is 0 Å². The first-order valence-corrected chi connectivity index (χ1v) is 5.40. The predicted molar refractivity (Wildman–Crippen MR) is 58.8 cm³/mol. The van der Waals surface area contributed by atoms with Crippen molar-refractivity contribution in [2.75, 3.05) is 32.8 Å². The zero-order chi connectivity index (χ0) is 11.7. The molecule has 0 aliphatic rings. The Kier molecular flexibility index (Phi) is 8.27. The Morgan fingerprint density at radius 1 is 1.40 bits per heavy atom. The van der Waals surface area contributed by atoms with Crippen LogP contribution in [-0.4, -0.2) is 54.9 Å². The van der Waals surface area contributed by atoms with E-state index < -0.39 is 12.0 Å². The van der Waals surface area contributed by atoms with Gasteiger partial charge in [-0.15, -0.1) is 0 Å². The maximum absolute atomic E-state index is 10.4. The fraction of sp³-hybridized carbons (Fsp3) is 0.900. The molecular weight excluding hydrogens is 196 g/mol. The molecule has 0 rings (SSSR count). The van der Waals surface area contributed by atoms with Crippen molar-refractivity contribution < 1.29 is 14.6 Å². The van der Waals surface area contributed by atoms with Crippen LogP contribution in [0.1, 0.15) is 20.3 Å². The Hall–Kier alpha value is -0.650. The summed E-state index contributed by atoms with van der Waals surface area (Å²) in [5.74, 6) is -0.970. The van der Waals surface area contributed by atoms with Gasteiger partial charge in [-0.1, -0.05) is 13.8 Å². The molecule has 0 radical (unpaired) electrons. The van der Waals surface area contributed by atoms with Crippen LogP contribution in [0.4, 0.5) is 0 Å². The molecule has 0 saturated heterocycles. The van der Waals surface area contributed by atoms with Gasteiger partial charge in [-0.05, 0) is 19.5 Å². The van der Waals surface area contributed by atoms with Gasteiger partial charge >= 0.3 is 5.97 Å². The lowest BCUT2D eigenvalue weighted by Crippen LogP contribution is -2.32. The summed E-state index contributed by atoms with van der Waals surface area (Å²) in [6, 6.07) is -0.807. The first kappa shape index (κ1) is 14.3. The van der Waals surface area contributed by atoms with Crippen LogP contribution in [0.25, 0.3) is 0 Å². The summed E-state index contributed by atoms with van der Waals surface area (Å²) in [5.41, 5.74) is 5.32. The number of nitrogens with two attached hydrogens (primary N) is 1. The Bertz CT molecular complexity index is 172. The predicted octanol–water partition coefficient (Wildman–Crippen LogP) is 0.147. The second-order valence-corrected chi connectivity index (χ2v) is 3.37. The standard InChI is InChI=1S/C10H22N2O3/c1-3-12(4-2)6-8-15-7-5-9(11)10(13)14/h9H,3-8,11H2,1-2H3,(H,13,14)/t9-/m0/s1. The fourth-order valence-electron chi connectivity index (χ4n) is 1.17. The van der Waals surface area contributed by atoms with Crippen molar-refractivity contribution in [1.82, 2.24) is 4.90 Å². The summed E-state index contributed by atoms with van der Waals surface area (Å²) in [7, 11) is 0. The van der Waals surface area contributed by atoms with Gasteiger partial charge in [0.05, 0.1) is 6.61 Å². The molecule has 0 bridgehead atoms. The van der Waals surface area contributed by atoms with Crippen LogP contribution in [-0.2, 0) is 9.53 Å². The summed E-state index contributed by atoms with van der Waals surface area (Å²) >= 11 is 0. The van der Waals surface area contributed by atoms with Gasteiger partial charge in [0.15, 0.2) is 0 Å². The van der Waals surface area contributed by atoms with Gasteiger partial charge in [-0.2, -0.15) is 0 Å². The highest BCUT2D eigenvalue weighted by molar-refractivity contribution is 5.72. The van der Waals surface area contributed by atoms with Crippen LogP contribution in [0.5, 0.6) is 0 Å². The van der Waals surface area contributed by atoms with Crippen molar-refractivity contribution in [3.05, 3.63) is 0 Å². The van der Waals surface area contributed by atoms with E-state index in [9.17, 15) is 4.79 Å². The van der Waals surface area contributed by atoms with Crippen LogP contribution in [0.2, 0.25) is 0 Å². The number of likely N-dealkylation sites (N-methyl/N-ethyl adjacent to an activating group) is 1. The average molecular weight is 218 g/mol. The zero-order valence-corrected chi connectivity index (χ0v) is 9.61. The topological polar surface area (TPSA) is 75.8 Å². The molecule has 0 aromatic rings. The summed E-state index contributed by atoms with van der Waals surface area (Å²) in [6.45, 7) is 8.15. The van der Waals surface area contributed by atoms with Gasteiger partial charge in [0, 0.05) is 13.2 Å². The fourth-order valence-corrected chi connectivity index (χ4v) is 1.17. The van der Waals surface area contributed by atoms with Gasteiger partial charge in [-0.3, -0.25) is 4.79 Å². The molecule has 15 heavy (non-hydrogen) atoms. The number of rotatable bonds is 9. The van der Waals surface area contributed by atoms with E-state index in [0.717, 1.165) is 19.6 Å². The largest absolute Gasteiger partial charge is 0.480 e. The van der Waals surface area contributed by atoms with Crippen LogP contribution < -0.4 is 5.73 Å². The SMILES string of the molecule is CCN(CC)CCOCC[C@H](N)C(=O)O. The Morgan fingerprint density at radius 3 is 2.47 bits per heavy atom.